The molecular weight excluding hydrogens is 368 g/mol. The van der Waals surface area contributed by atoms with Crippen molar-refractivity contribution in [2.45, 2.75) is 32.8 Å². The fourth-order valence-electron chi connectivity index (χ4n) is 2.84. The maximum Gasteiger partial charge on any atom is 0.322 e. The van der Waals surface area contributed by atoms with Crippen molar-refractivity contribution >= 4 is 23.3 Å². The zero-order valence-corrected chi connectivity index (χ0v) is 15.9. The van der Waals surface area contributed by atoms with Gasteiger partial charge in [-0.15, -0.1) is 16.4 Å². The van der Waals surface area contributed by atoms with Crippen molar-refractivity contribution in [1.29, 1.82) is 0 Å². The third-order valence-electron chi connectivity index (χ3n) is 3.92. The zero-order chi connectivity index (χ0) is 19.0. The highest BCUT2D eigenvalue weighted by atomic mass is 32.1. The molecule has 8 nitrogen and oxygen atoms in total. The van der Waals surface area contributed by atoms with Crippen LogP contribution in [0.2, 0.25) is 0 Å². The second-order valence-corrected chi connectivity index (χ2v) is 7.85. The van der Waals surface area contributed by atoms with E-state index < -0.39 is 5.91 Å². The van der Waals surface area contributed by atoms with Crippen molar-refractivity contribution in [1.82, 2.24) is 15.2 Å². The van der Waals surface area contributed by atoms with E-state index >= 15 is 0 Å². The monoisotopic (exact) mass is 386 g/mol. The van der Waals surface area contributed by atoms with E-state index in [1.54, 1.807) is 6.07 Å². The van der Waals surface area contributed by atoms with Crippen molar-refractivity contribution < 1.29 is 18.7 Å². The van der Waals surface area contributed by atoms with Gasteiger partial charge in [-0.2, -0.15) is 0 Å². The largest absolute Gasteiger partial charge is 0.483 e. The molecule has 0 fully saturated rings. The van der Waals surface area contributed by atoms with Crippen LogP contribution in [0.25, 0.3) is 11.6 Å². The van der Waals surface area contributed by atoms with Gasteiger partial charge < -0.3 is 13.9 Å². The molecule has 0 unspecified atom stereocenters. The number of rotatable bonds is 5. The SMILES string of the molecule is Cc1nc(-c2nnc(NC(=O)COc3cccc4c3OC(C)(C)C4)o2)cs1. The molecule has 0 spiro atoms. The molecule has 1 aromatic carbocycles. The van der Waals surface area contributed by atoms with Crippen LogP contribution < -0.4 is 14.8 Å². The van der Waals surface area contributed by atoms with E-state index in [4.69, 9.17) is 13.9 Å². The van der Waals surface area contributed by atoms with E-state index in [0.717, 1.165) is 17.0 Å². The van der Waals surface area contributed by atoms with E-state index in [1.165, 1.54) is 11.3 Å². The number of benzene rings is 1. The molecule has 1 amide bonds. The first-order valence-corrected chi connectivity index (χ1v) is 9.27. The summed E-state index contributed by atoms with van der Waals surface area (Å²) in [5.41, 5.74) is 1.37. The summed E-state index contributed by atoms with van der Waals surface area (Å²) in [7, 11) is 0. The lowest BCUT2D eigenvalue weighted by Crippen LogP contribution is -2.25. The van der Waals surface area contributed by atoms with Crippen LogP contribution in [0, 0.1) is 6.92 Å². The first kappa shape index (κ1) is 17.5. The van der Waals surface area contributed by atoms with Crippen molar-refractivity contribution in [2.75, 3.05) is 11.9 Å². The number of ether oxygens (including phenoxy) is 2. The van der Waals surface area contributed by atoms with Crippen molar-refractivity contribution in [3.05, 3.63) is 34.2 Å². The quantitative estimate of drug-likeness (QED) is 0.718. The lowest BCUT2D eigenvalue weighted by atomic mass is 10.0. The summed E-state index contributed by atoms with van der Waals surface area (Å²) in [5.74, 6) is 1.08. The Hall–Kier alpha value is -2.94. The highest BCUT2D eigenvalue weighted by Gasteiger charge is 2.32. The summed E-state index contributed by atoms with van der Waals surface area (Å²) in [4.78, 5) is 16.4. The number of aromatic nitrogens is 3. The molecule has 3 heterocycles. The molecule has 1 N–H and O–H groups in total. The van der Waals surface area contributed by atoms with Crippen LogP contribution >= 0.6 is 11.3 Å². The number of carbonyl (C=O) groups excluding carboxylic acids is 1. The van der Waals surface area contributed by atoms with E-state index in [0.29, 0.717) is 17.2 Å². The highest BCUT2D eigenvalue weighted by Crippen LogP contribution is 2.41. The Morgan fingerprint density at radius 3 is 3.00 bits per heavy atom. The summed E-state index contributed by atoms with van der Waals surface area (Å²) in [6.07, 6.45) is 0.798. The number of amides is 1. The van der Waals surface area contributed by atoms with E-state index in [1.807, 2.05) is 38.3 Å². The number of hydrogen-bond acceptors (Lipinski definition) is 8. The number of carbonyl (C=O) groups is 1. The number of para-hydroxylation sites is 1. The number of nitrogens with zero attached hydrogens (tertiary/aromatic N) is 3. The number of aryl methyl sites for hydroxylation is 1. The van der Waals surface area contributed by atoms with Crippen LogP contribution in [-0.2, 0) is 11.2 Å². The molecule has 0 aliphatic carbocycles. The standard InChI is InChI=1S/C18H18N4O4S/c1-10-19-12(9-27-10)16-21-22-17(25-16)20-14(23)8-24-13-6-4-5-11-7-18(2,3)26-15(11)13/h4-6,9H,7-8H2,1-3H3,(H,20,22,23). The maximum absolute atomic E-state index is 12.1. The topological polar surface area (TPSA) is 99.4 Å². The van der Waals surface area contributed by atoms with Gasteiger partial charge in [0.25, 0.3) is 11.8 Å². The van der Waals surface area contributed by atoms with Gasteiger partial charge in [0.15, 0.2) is 18.1 Å². The minimum Gasteiger partial charge on any atom is -0.483 e. The van der Waals surface area contributed by atoms with Crippen LogP contribution in [-0.4, -0.2) is 33.3 Å². The lowest BCUT2D eigenvalue weighted by Gasteiger charge is -2.18. The second-order valence-electron chi connectivity index (χ2n) is 6.78. The van der Waals surface area contributed by atoms with Gasteiger partial charge >= 0.3 is 6.01 Å². The number of anilines is 1. The Kier molecular flexibility index (Phi) is 4.31. The first-order valence-electron chi connectivity index (χ1n) is 8.39. The Bertz CT molecular complexity index is 995. The van der Waals surface area contributed by atoms with Crippen LogP contribution in [0.5, 0.6) is 11.5 Å². The molecule has 27 heavy (non-hydrogen) atoms. The van der Waals surface area contributed by atoms with E-state index in [9.17, 15) is 4.79 Å². The Morgan fingerprint density at radius 2 is 2.22 bits per heavy atom. The molecule has 3 aromatic rings. The fourth-order valence-corrected chi connectivity index (χ4v) is 3.43. The average molecular weight is 386 g/mol. The molecule has 1 aliphatic heterocycles. The summed E-state index contributed by atoms with van der Waals surface area (Å²) in [5, 5.41) is 12.9. The summed E-state index contributed by atoms with van der Waals surface area (Å²) < 4.78 is 17.0. The van der Waals surface area contributed by atoms with Gasteiger partial charge in [-0.05, 0) is 26.8 Å². The van der Waals surface area contributed by atoms with E-state index in [2.05, 4.69) is 20.5 Å². The third-order valence-corrected chi connectivity index (χ3v) is 4.70. The van der Waals surface area contributed by atoms with Gasteiger partial charge in [0.2, 0.25) is 0 Å². The van der Waals surface area contributed by atoms with Crippen molar-refractivity contribution in [3.8, 4) is 23.1 Å². The molecule has 0 radical (unpaired) electrons. The Morgan fingerprint density at radius 1 is 1.37 bits per heavy atom. The summed E-state index contributed by atoms with van der Waals surface area (Å²) in [6, 6.07) is 5.66. The summed E-state index contributed by atoms with van der Waals surface area (Å²) in [6.45, 7) is 5.71. The van der Waals surface area contributed by atoms with Crippen LogP contribution in [0.4, 0.5) is 6.01 Å². The fraction of sp³-hybridized carbons (Fsp3) is 0.333. The predicted molar refractivity (Wildman–Crippen MR) is 99.1 cm³/mol. The summed E-state index contributed by atoms with van der Waals surface area (Å²) >= 11 is 1.48. The normalized spacial score (nSPS) is 14.5. The molecule has 0 bridgehead atoms. The van der Waals surface area contributed by atoms with Crippen molar-refractivity contribution in [2.24, 2.45) is 0 Å². The highest BCUT2D eigenvalue weighted by molar-refractivity contribution is 7.09. The number of hydrogen-bond donors (Lipinski definition) is 1. The molecule has 9 heteroatoms. The molecule has 2 aromatic heterocycles. The van der Waals surface area contributed by atoms with Gasteiger partial charge in [-0.25, -0.2) is 4.98 Å². The first-order chi connectivity index (χ1) is 12.9. The third kappa shape index (κ3) is 3.77. The van der Waals surface area contributed by atoms with Gasteiger partial charge in [0.05, 0.1) is 5.01 Å². The van der Waals surface area contributed by atoms with Gasteiger partial charge in [0.1, 0.15) is 11.3 Å². The van der Waals surface area contributed by atoms with Crippen molar-refractivity contribution in [3.63, 3.8) is 0 Å². The van der Waals surface area contributed by atoms with E-state index in [-0.39, 0.29) is 24.1 Å². The number of fused-ring (bicyclic) bond motifs is 1. The maximum atomic E-state index is 12.1. The average Bonchev–Trinajstić information content (AvgIpc) is 3.30. The molecule has 4 rings (SSSR count). The second kappa shape index (κ2) is 6.66. The molecule has 0 atom stereocenters. The molecular formula is C18H18N4O4S. The number of thiazole rings is 1. The smallest absolute Gasteiger partial charge is 0.322 e. The van der Waals surface area contributed by atoms with Crippen LogP contribution in [0.15, 0.2) is 28.0 Å². The molecule has 0 saturated heterocycles. The Labute approximate surface area is 159 Å². The number of nitrogens with one attached hydrogen (secondary N) is 1. The zero-order valence-electron chi connectivity index (χ0n) is 15.1. The minimum absolute atomic E-state index is 0.0000676. The van der Waals surface area contributed by atoms with Gasteiger partial charge in [-0.3, -0.25) is 10.1 Å². The Balaban J connectivity index is 1.38. The lowest BCUT2D eigenvalue weighted by molar-refractivity contribution is -0.118. The molecule has 140 valence electrons. The molecule has 0 saturated carbocycles. The van der Waals surface area contributed by atoms with Crippen LogP contribution in [0.1, 0.15) is 24.4 Å². The van der Waals surface area contributed by atoms with Gasteiger partial charge in [0, 0.05) is 17.4 Å². The van der Waals surface area contributed by atoms with Crippen LogP contribution in [0.3, 0.4) is 0 Å². The molecule has 1 aliphatic rings. The predicted octanol–water partition coefficient (Wildman–Crippen LogP) is 3.23. The minimum atomic E-state index is -0.408. The van der Waals surface area contributed by atoms with Gasteiger partial charge in [-0.1, -0.05) is 17.2 Å².